The summed E-state index contributed by atoms with van der Waals surface area (Å²) in [5.74, 6) is -0.258. The second kappa shape index (κ2) is 5.14. The van der Waals surface area contributed by atoms with Crippen molar-refractivity contribution in [3.63, 3.8) is 0 Å². The van der Waals surface area contributed by atoms with E-state index in [0.29, 0.717) is 17.3 Å². The van der Waals surface area contributed by atoms with Crippen LogP contribution in [-0.2, 0) is 0 Å². The Balaban J connectivity index is 2.27. The van der Waals surface area contributed by atoms with Gasteiger partial charge in [0.1, 0.15) is 5.75 Å². The van der Waals surface area contributed by atoms with Crippen molar-refractivity contribution in [3.8, 4) is 5.75 Å². The van der Waals surface area contributed by atoms with Gasteiger partial charge in [0.15, 0.2) is 5.88 Å². The van der Waals surface area contributed by atoms with Crippen LogP contribution >= 0.6 is 15.9 Å². The number of rotatable bonds is 4. The highest BCUT2D eigenvalue weighted by atomic mass is 79.9. The fourth-order valence-corrected chi connectivity index (χ4v) is 1.79. The van der Waals surface area contributed by atoms with E-state index in [9.17, 15) is 4.79 Å². The second-order valence-corrected chi connectivity index (χ2v) is 4.35. The fourth-order valence-electron chi connectivity index (χ4n) is 1.43. The maximum atomic E-state index is 10.7. The van der Waals surface area contributed by atoms with Crippen LogP contribution in [-0.4, -0.2) is 18.2 Å². The monoisotopic (exact) mass is 311 g/mol. The standard InChI is InChI=1S/C12H10BrNO4/c1-17-9-3-2-7(13)6-8(9)14-11-5-4-10(18-11)12(15)16/h2-6,14H,1H3,(H,15,16). The number of hydrogen-bond acceptors (Lipinski definition) is 4. The first kappa shape index (κ1) is 12.5. The highest BCUT2D eigenvalue weighted by Gasteiger charge is 2.10. The molecule has 0 radical (unpaired) electrons. The molecule has 0 aliphatic rings. The molecule has 0 saturated carbocycles. The van der Waals surface area contributed by atoms with E-state index in [2.05, 4.69) is 21.2 Å². The van der Waals surface area contributed by atoms with Crippen LogP contribution in [0.1, 0.15) is 10.6 Å². The second-order valence-electron chi connectivity index (χ2n) is 3.44. The summed E-state index contributed by atoms with van der Waals surface area (Å²) in [6.07, 6.45) is 0. The first-order chi connectivity index (χ1) is 8.60. The van der Waals surface area contributed by atoms with Crippen molar-refractivity contribution in [1.82, 2.24) is 0 Å². The van der Waals surface area contributed by atoms with E-state index in [4.69, 9.17) is 14.3 Å². The van der Waals surface area contributed by atoms with Crippen LogP contribution < -0.4 is 10.1 Å². The van der Waals surface area contributed by atoms with Crippen molar-refractivity contribution in [2.45, 2.75) is 0 Å². The van der Waals surface area contributed by atoms with Gasteiger partial charge in [-0.15, -0.1) is 0 Å². The Morgan fingerprint density at radius 3 is 2.78 bits per heavy atom. The summed E-state index contributed by atoms with van der Waals surface area (Å²) in [6, 6.07) is 8.36. The lowest BCUT2D eigenvalue weighted by Gasteiger charge is -2.09. The highest BCUT2D eigenvalue weighted by molar-refractivity contribution is 9.10. The maximum Gasteiger partial charge on any atom is 0.371 e. The first-order valence-corrected chi connectivity index (χ1v) is 5.83. The molecule has 0 saturated heterocycles. The van der Waals surface area contributed by atoms with Crippen LogP contribution in [0.5, 0.6) is 5.75 Å². The molecule has 0 atom stereocenters. The Morgan fingerprint density at radius 1 is 1.39 bits per heavy atom. The molecule has 18 heavy (non-hydrogen) atoms. The van der Waals surface area contributed by atoms with E-state index in [0.717, 1.165) is 4.47 Å². The summed E-state index contributed by atoms with van der Waals surface area (Å²) in [5.41, 5.74) is 0.679. The summed E-state index contributed by atoms with van der Waals surface area (Å²) in [4.78, 5) is 10.7. The van der Waals surface area contributed by atoms with Crippen LogP contribution in [0.25, 0.3) is 0 Å². The lowest BCUT2D eigenvalue weighted by molar-refractivity contribution is 0.0663. The lowest BCUT2D eigenvalue weighted by atomic mass is 10.3. The number of nitrogens with one attached hydrogen (secondary N) is 1. The Hall–Kier alpha value is -1.95. The Labute approximate surface area is 111 Å². The molecule has 2 aromatic rings. The number of carboxylic acid groups (broad SMARTS) is 1. The molecule has 0 unspecified atom stereocenters. The van der Waals surface area contributed by atoms with Gasteiger partial charge in [-0.3, -0.25) is 0 Å². The molecule has 0 bridgehead atoms. The van der Waals surface area contributed by atoms with Crippen molar-refractivity contribution >= 4 is 33.5 Å². The summed E-state index contributed by atoms with van der Waals surface area (Å²) in [5, 5.41) is 11.7. The number of carboxylic acids is 1. The van der Waals surface area contributed by atoms with Gasteiger partial charge >= 0.3 is 5.97 Å². The third kappa shape index (κ3) is 2.65. The minimum Gasteiger partial charge on any atom is -0.495 e. The number of hydrogen-bond donors (Lipinski definition) is 2. The van der Waals surface area contributed by atoms with Crippen molar-refractivity contribution in [1.29, 1.82) is 0 Å². The number of ether oxygens (including phenoxy) is 1. The summed E-state index contributed by atoms with van der Waals surface area (Å²) >= 11 is 3.35. The molecular weight excluding hydrogens is 302 g/mol. The predicted octanol–water partition coefficient (Wildman–Crippen LogP) is 3.49. The van der Waals surface area contributed by atoms with Crippen LogP contribution in [0, 0.1) is 0 Å². The number of anilines is 2. The lowest BCUT2D eigenvalue weighted by Crippen LogP contribution is -1.94. The Morgan fingerprint density at radius 2 is 2.17 bits per heavy atom. The summed E-state index contributed by atoms with van der Waals surface area (Å²) < 4.78 is 11.2. The van der Waals surface area contributed by atoms with Crippen LogP contribution in [0.15, 0.2) is 39.2 Å². The minimum absolute atomic E-state index is 0.119. The molecule has 0 amide bonds. The molecule has 2 N–H and O–H groups in total. The number of halogens is 1. The zero-order valence-electron chi connectivity index (χ0n) is 9.44. The van der Waals surface area contributed by atoms with Crippen molar-refractivity contribution in [2.24, 2.45) is 0 Å². The maximum absolute atomic E-state index is 10.7. The first-order valence-electron chi connectivity index (χ1n) is 5.04. The molecule has 2 rings (SSSR count). The molecule has 0 aliphatic heterocycles. The Kier molecular flexibility index (Phi) is 3.57. The number of aromatic carboxylic acids is 1. The number of carbonyl (C=O) groups is 1. The third-order valence-corrected chi connectivity index (χ3v) is 2.73. The summed E-state index contributed by atoms with van der Waals surface area (Å²) in [6.45, 7) is 0. The number of furan rings is 1. The van der Waals surface area contributed by atoms with E-state index in [-0.39, 0.29) is 5.76 Å². The van der Waals surface area contributed by atoms with Gasteiger partial charge in [0.05, 0.1) is 12.8 Å². The highest BCUT2D eigenvalue weighted by Crippen LogP contribution is 2.31. The zero-order chi connectivity index (χ0) is 13.1. The van der Waals surface area contributed by atoms with Crippen molar-refractivity contribution < 1.29 is 19.1 Å². The van der Waals surface area contributed by atoms with Crippen molar-refractivity contribution in [3.05, 3.63) is 40.6 Å². The quantitative estimate of drug-likeness (QED) is 0.904. The Bertz CT molecular complexity index is 579. The third-order valence-electron chi connectivity index (χ3n) is 2.24. The SMILES string of the molecule is COc1ccc(Br)cc1Nc1ccc(C(=O)O)o1. The molecule has 5 nitrogen and oxygen atoms in total. The van der Waals surface area contributed by atoms with E-state index in [1.807, 2.05) is 12.1 Å². The predicted molar refractivity (Wildman–Crippen MR) is 69.6 cm³/mol. The normalized spacial score (nSPS) is 10.1. The van der Waals surface area contributed by atoms with Gasteiger partial charge in [-0.1, -0.05) is 15.9 Å². The molecule has 1 heterocycles. The van der Waals surface area contributed by atoms with E-state index < -0.39 is 5.97 Å². The summed E-state index contributed by atoms with van der Waals surface area (Å²) in [7, 11) is 1.55. The van der Waals surface area contributed by atoms with Gasteiger partial charge in [-0.2, -0.15) is 0 Å². The smallest absolute Gasteiger partial charge is 0.371 e. The number of benzene rings is 1. The fraction of sp³-hybridized carbons (Fsp3) is 0.0833. The molecule has 0 aliphatic carbocycles. The molecule has 6 heteroatoms. The average Bonchev–Trinajstić information content (AvgIpc) is 2.78. The van der Waals surface area contributed by atoms with Crippen LogP contribution in [0.2, 0.25) is 0 Å². The van der Waals surface area contributed by atoms with E-state index in [1.54, 1.807) is 19.2 Å². The van der Waals surface area contributed by atoms with Gasteiger partial charge in [0.25, 0.3) is 0 Å². The average molecular weight is 312 g/mol. The molecular formula is C12H10BrNO4. The number of methoxy groups -OCH3 is 1. The topological polar surface area (TPSA) is 71.7 Å². The molecule has 94 valence electrons. The molecule has 1 aromatic carbocycles. The van der Waals surface area contributed by atoms with Gasteiger partial charge in [0.2, 0.25) is 5.76 Å². The van der Waals surface area contributed by atoms with Gasteiger partial charge in [-0.25, -0.2) is 4.79 Å². The van der Waals surface area contributed by atoms with Gasteiger partial charge in [0, 0.05) is 10.5 Å². The van der Waals surface area contributed by atoms with Gasteiger partial charge < -0.3 is 19.6 Å². The molecule has 0 fully saturated rings. The van der Waals surface area contributed by atoms with Crippen LogP contribution in [0.4, 0.5) is 11.6 Å². The molecule has 1 aromatic heterocycles. The zero-order valence-corrected chi connectivity index (χ0v) is 11.0. The van der Waals surface area contributed by atoms with Crippen molar-refractivity contribution in [2.75, 3.05) is 12.4 Å². The molecule has 0 spiro atoms. The largest absolute Gasteiger partial charge is 0.495 e. The minimum atomic E-state index is -1.11. The van der Waals surface area contributed by atoms with E-state index >= 15 is 0 Å². The van der Waals surface area contributed by atoms with E-state index in [1.165, 1.54) is 6.07 Å². The van der Waals surface area contributed by atoms with Gasteiger partial charge in [-0.05, 0) is 24.3 Å². The van der Waals surface area contributed by atoms with Crippen LogP contribution in [0.3, 0.4) is 0 Å².